The molecule has 0 fully saturated rings. The molecule has 0 bridgehead atoms. The SMILES string of the molecule is Cc1cc(C(n2cccn2)(C(F)(F)F)C(F)(F)F)cc(C)c1N(C(=O)O)C(C)(C)C. The maximum Gasteiger partial charge on any atom is 0.426 e. The number of carbonyl (C=O) groups is 1. The van der Waals surface area contributed by atoms with Gasteiger partial charge in [-0.15, -0.1) is 0 Å². The average molecular weight is 437 g/mol. The van der Waals surface area contributed by atoms with Crippen molar-refractivity contribution in [1.82, 2.24) is 9.78 Å². The molecule has 11 heteroatoms. The Hall–Kier alpha value is -2.72. The van der Waals surface area contributed by atoms with Crippen LogP contribution in [0, 0.1) is 13.8 Å². The number of rotatable bonds is 3. The molecule has 0 saturated heterocycles. The van der Waals surface area contributed by atoms with Gasteiger partial charge in [0.2, 0.25) is 0 Å². The smallest absolute Gasteiger partial charge is 0.426 e. The third-order valence-corrected chi connectivity index (χ3v) is 4.66. The van der Waals surface area contributed by atoms with E-state index in [9.17, 15) is 36.2 Å². The quantitative estimate of drug-likeness (QED) is 0.632. The minimum atomic E-state index is -5.78. The molecule has 1 aromatic heterocycles. The molecule has 2 aromatic rings. The molecule has 30 heavy (non-hydrogen) atoms. The van der Waals surface area contributed by atoms with Gasteiger partial charge in [-0.1, -0.05) is 12.1 Å². The highest BCUT2D eigenvalue weighted by molar-refractivity contribution is 5.90. The topological polar surface area (TPSA) is 58.4 Å². The minimum Gasteiger partial charge on any atom is -0.465 e. The van der Waals surface area contributed by atoms with E-state index < -0.39 is 35.1 Å². The maximum absolute atomic E-state index is 14.1. The number of aryl methyl sites for hydroxylation is 2. The Morgan fingerprint density at radius 2 is 1.47 bits per heavy atom. The number of hydrogen-bond acceptors (Lipinski definition) is 2. The van der Waals surface area contributed by atoms with Gasteiger partial charge in [-0.05, 0) is 57.4 Å². The highest BCUT2D eigenvalue weighted by Gasteiger charge is 2.74. The van der Waals surface area contributed by atoms with Gasteiger partial charge in [0.15, 0.2) is 0 Å². The van der Waals surface area contributed by atoms with E-state index >= 15 is 0 Å². The van der Waals surface area contributed by atoms with Crippen LogP contribution in [0.15, 0.2) is 30.6 Å². The fraction of sp³-hybridized carbons (Fsp3) is 0.474. The molecular weight excluding hydrogens is 416 g/mol. The fourth-order valence-electron chi connectivity index (χ4n) is 3.58. The van der Waals surface area contributed by atoms with E-state index in [4.69, 9.17) is 0 Å². The molecule has 0 saturated carbocycles. The van der Waals surface area contributed by atoms with Gasteiger partial charge in [-0.3, -0.25) is 4.90 Å². The summed E-state index contributed by atoms with van der Waals surface area (Å²) in [5.74, 6) is 0. The first-order valence-corrected chi connectivity index (χ1v) is 8.74. The zero-order valence-electron chi connectivity index (χ0n) is 16.9. The van der Waals surface area contributed by atoms with E-state index in [2.05, 4.69) is 5.10 Å². The molecule has 0 aliphatic heterocycles. The summed E-state index contributed by atoms with van der Waals surface area (Å²) in [6.45, 7) is 7.23. The lowest BCUT2D eigenvalue weighted by Gasteiger charge is -2.39. The van der Waals surface area contributed by atoms with Gasteiger partial charge in [-0.2, -0.15) is 31.4 Å². The zero-order valence-corrected chi connectivity index (χ0v) is 16.9. The molecule has 0 atom stereocenters. The van der Waals surface area contributed by atoms with Gasteiger partial charge >= 0.3 is 18.4 Å². The Morgan fingerprint density at radius 3 is 1.77 bits per heavy atom. The van der Waals surface area contributed by atoms with Gasteiger partial charge in [0, 0.05) is 17.9 Å². The number of benzene rings is 1. The van der Waals surface area contributed by atoms with E-state index in [0.29, 0.717) is 18.3 Å². The number of hydrogen-bond donors (Lipinski definition) is 1. The molecule has 1 amide bonds. The van der Waals surface area contributed by atoms with Crippen molar-refractivity contribution in [3.8, 4) is 0 Å². The number of amides is 1. The average Bonchev–Trinajstić information content (AvgIpc) is 3.00. The molecule has 5 nitrogen and oxygen atoms in total. The normalized spacial score (nSPS) is 13.4. The second-order valence-corrected chi connectivity index (χ2v) is 7.90. The lowest BCUT2D eigenvalue weighted by Crippen LogP contribution is -2.59. The van der Waals surface area contributed by atoms with E-state index in [1.165, 1.54) is 13.8 Å². The fourth-order valence-corrected chi connectivity index (χ4v) is 3.58. The second kappa shape index (κ2) is 7.21. The molecule has 1 heterocycles. The van der Waals surface area contributed by atoms with Gasteiger partial charge in [-0.25, -0.2) is 9.48 Å². The predicted octanol–water partition coefficient (Wildman–Crippen LogP) is 5.65. The summed E-state index contributed by atoms with van der Waals surface area (Å²) >= 11 is 0. The van der Waals surface area contributed by atoms with Crippen molar-refractivity contribution in [3.63, 3.8) is 0 Å². The minimum absolute atomic E-state index is 0.0254. The Kier molecular flexibility index (Phi) is 5.66. The molecule has 1 N–H and O–H groups in total. The third-order valence-electron chi connectivity index (χ3n) is 4.66. The van der Waals surface area contributed by atoms with Crippen LogP contribution in [0.25, 0.3) is 0 Å². The highest BCUT2D eigenvalue weighted by Crippen LogP contribution is 2.53. The van der Waals surface area contributed by atoms with Crippen molar-refractivity contribution < 1.29 is 36.2 Å². The van der Waals surface area contributed by atoms with Crippen molar-refractivity contribution in [3.05, 3.63) is 47.3 Å². The molecule has 0 radical (unpaired) electrons. The number of aromatic nitrogens is 2. The molecule has 2 rings (SSSR count). The summed E-state index contributed by atoms with van der Waals surface area (Å²) in [5, 5.41) is 12.9. The number of nitrogens with zero attached hydrogens (tertiary/aromatic N) is 3. The third kappa shape index (κ3) is 3.61. The first kappa shape index (κ1) is 23.6. The van der Waals surface area contributed by atoms with E-state index in [1.807, 2.05) is 0 Å². The summed E-state index contributed by atoms with van der Waals surface area (Å²) < 4.78 is 84.3. The monoisotopic (exact) mass is 437 g/mol. The zero-order chi connectivity index (χ0) is 23.3. The number of anilines is 1. The first-order valence-electron chi connectivity index (χ1n) is 8.74. The first-order chi connectivity index (χ1) is 13.5. The van der Waals surface area contributed by atoms with Crippen LogP contribution in [-0.2, 0) is 5.54 Å². The molecule has 0 spiro atoms. The maximum atomic E-state index is 14.1. The Bertz CT molecular complexity index is 890. The number of alkyl halides is 6. The lowest BCUT2D eigenvalue weighted by molar-refractivity contribution is -0.316. The summed E-state index contributed by atoms with van der Waals surface area (Å²) in [5.41, 5.74) is -6.61. The van der Waals surface area contributed by atoms with Crippen molar-refractivity contribution in [2.45, 2.75) is 58.0 Å². The van der Waals surface area contributed by atoms with Crippen LogP contribution in [0.5, 0.6) is 0 Å². The second-order valence-electron chi connectivity index (χ2n) is 7.90. The largest absolute Gasteiger partial charge is 0.465 e. The molecule has 1 aromatic carbocycles. The van der Waals surface area contributed by atoms with E-state index in [1.54, 1.807) is 20.8 Å². The molecule has 166 valence electrons. The summed E-state index contributed by atoms with van der Waals surface area (Å²) in [6, 6.07) is 2.39. The van der Waals surface area contributed by atoms with Crippen LogP contribution in [0.3, 0.4) is 0 Å². The van der Waals surface area contributed by atoms with Crippen LogP contribution in [-0.4, -0.2) is 38.9 Å². The summed E-state index contributed by atoms with van der Waals surface area (Å²) in [6.07, 6.45) is -11.5. The van der Waals surface area contributed by atoms with Gasteiger partial charge < -0.3 is 5.11 Å². The number of halogens is 6. The number of carboxylic acid groups (broad SMARTS) is 1. The van der Waals surface area contributed by atoms with Crippen molar-refractivity contribution >= 4 is 11.8 Å². The predicted molar refractivity (Wildman–Crippen MR) is 97.6 cm³/mol. The van der Waals surface area contributed by atoms with Crippen LogP contribution >= 0.6 is 0 Å². The van der Waals surface area contributed by atoms with Crippen molar-refractivity contribution in [1.29, 1.82) is 0 Å². The lowest BCUT2D eigenvalue weighted by atomic mass is 9.85. The standard InChI is InChI=1S/C19H21F6N3O2/c1-11-9-13(10-12(2)14(11)28(15(29)30)16(3,4)5)17(18(20,21)22,19(23,24)25)27-8-6-7-26-27/h6-10H,1-5H3,(H,29,30). The van der Waals surface area contributed by atoms with Crippen molar-refractivity contribution in [2.75, 3.05) is 4.90 Å². The van der Waals surface area contributed by atoms with Gasteiger partial charge in [0.1, 0.15) is 0 Å². The summed E-state index contributed by atoms with van der Waals surface area (Å²) in [7, 11) is 0. The summed E-state index contributed by atoms with van der Waals surface area (Å²) in [4.78, 5) is 12.7. The molecular formula is C19H21F6N3O2. The van der Waals surface area contributed by atoms with Crippen LogP contribution < -0.4 is 4.90 Å². The van der Waals surface area contributed by atoms with Crippen LogP contribution in [0.4, 0.5) is 36.8 Å². The van der Waals surface area contributed by atoms with Crippen LogP contribution in [0.1, 0.15) is 37.5 Å². The van der Waals surface area contributed by atoms with E-state index in [-0.39, 0.29) is 21.5 Å². The Morgan fingerprint density at radius 1 is 1.00 bits per heavy atom. The Labute approximate surface area is 168 Å². The molecule has 0 aliphatic rings. The van der Waals surface area contributed by atoms with Gasteiger partial charge in [0.25, 0.3) is 5.54 Å². The van der Waals surface area contributed by atoms with E-state index in [0.717, 1.165) is 17.2 Å². The molecule has 0 aliphatic carbocycles. The Balaban J connectivity index is 2.92. The molecule has 0 unspecified atom stereocenters. The van der Waals surface area contributed by atoms with Crippen LogP contribution in [0.2, 0.25) is 0 Å². The van der Waals surface area contributed by atoms with Gasteiger partial charge in [0.05, 0.1) is 5.69 Å². The van der Waals surface area contributed by atoms with Crippen molar-refractivity contribution in [2.24, 2.45) is 0 Å². The highest BCUT2D eigenvalue weighted by atomic mass is 19.4.